The predicted octanol–water partition coefficient (Wildman–Crippen LogP) is 6.65. The first-order valence-electron chi connectivity index (χ1n) is 10.2. The maximum Gasteiger partial charge on any atom is 0.256 e. The molecule has 0 bridgehead atoms. The van der Waals surface area contributed by atoms with Crippen molar-refractivity contribution >= 4 is 80.4 Å². The molecule has 11 heteroatoms. The van der Waals surface area contributed by atoms with Crippen molar-refractivity contribution in [1.29, 1.82) is 0 Å². The maximum atomic E-state index is 13.2. The lowest BCUT2D eigenvalue weighted by atomic mass is 10.1. The minimum absolute atomic E-state index is 0.0879. The van der Waals surface area contributed by atoms with Crippen LogP contribution < -0.4 is 10.6 Å². The molecule has 3 aromatic rings. The molecule has 3 unspecified atom stereocenters. The summed E-state index contributed by atoms with van der Waals surface area (Å²) in [6.07, 6.45) is 1.43. The van der Waals surface area contributed by atoms with Crippen molar-refractivity contribution in [2.45, 2.75) is 15.1 Å². The van der Waals surface area contributed by atoms with Crippen LogP contribution in [0.1, 0.15) is 21.8 Å². The smallest absolute Gasteiger partial charge is 0.256 e. The summed E-state index contributed by atoms with van der Waals surface area (Å²) in [4.78, 5) is 26.2. The van der Waals surface area contributed by atoms with Gasteiger partial charge >= 0.3 is 0 Å². The first-order valence-corrected chi connectivity index (χ1v) is 13.2. The van der Waals surface area contributed by atoms with Crippen LogP contribution in [0.2, 0.25) is 10.0 Å². The van der Waals surface area contributed by atoms with Crippen molar-refractivity contribution in [2.24, 2.45) is 5.92 Å². The Balaban J connectivity index is 1.56. The van der Waals surface area contributed by atoms with Crippen molar-refractivity contribution in [3.63, 3.8) is 0 Å². The van der Waals surface area contributed by atoms with E-state index in [4.69, 9.17) is 46.4 Å². The fourth-order valence-corrected chi connectivity index (χ4v) is 5.90. The summed E-state index contributed by atoms with van der Waals surface area (Å²) in [5, 5.41) is 6.13. The van der Waals surface area contributed by atoms with Crippen LogP contribution in [0.4, 0.5) is 15.8 Å². The molecule has 2 amide bonds. The van der Waals surface area contributed by atoms with Crippen LogP contribution in [0.25, 0.3) is 0 Å². The molecule has 1 saturated carbocycles. The van der Waals surface area contributed by atoms with E-state index in [2.05, 4.69) is 10.6 Å². The van der Waals surface area contributed by atoms with Crippen LogP contribution in [0.3, 0.4) is 0 Å². The van der Waals surface area contributed by atoms with Gasteiger partial charge < -0.3 is 10.6 Å². The number of benzene rings is 3. The van der Waals surface area contributed by atoms with Gasteiger partial charge in [0, 0.05) is 33.6 Å². The van der Waals surface area contributed by atoms with Gasteiger partial charge in [-0.3, -0.25) is 13.8 Å². The molecule has 3 atom stereocenters. The molecule has 0 saturated heterocycles. The number of nitrogens with one attached hydrogen (secondary N) is 2. The number of alkyl halides is 2. The minimum atomic E-state index is -1.49. The molecule has 5 nitrogen and oxygen atoms in total. The summed E-state index contributed by atoms with van der Waals surface area (Å²) < 4.78 is 24.0. The molecule has 0 heterocycles. The zero-order chi connectivity index (χ0) is 25.5. The third-order valence-corrected chi connectivity index (χ3v) is 7.84. The van der Waals surface area contributed by atoms with Gasteiger partial charge in [-0.15, -0.1) is 23.2 Å². The van der Waals surface area contributed by atoms with Gasteiger partial charge in [-0.1, -0.05) is 23.2 Å². The van der Waals surface area contributed by atoms with E-state index in [-0.39, 0.29) is 16.1 Å². The maximum absolute atomic E-state index is 13.2. The minimum Gasteiger partial charge on any atom is -0.326 e. The highest BCUT2D eigenvalue weighted by Crippen LogP contribution is 2.65. The zero-order valence-electron chi connectivity index (χ0n) is 18.0. The van der Waals surface area contributed by atoms with Gasteiger partial charge in [0.15, 0.2) is 0 Å². The molecule has 35 heavy (non-hydrogen) atoms. The molecule has 1 fully saturated rings. The first-order chi connectivity index (χ1) is 16.5. The van der Waals surface area contributed by atoms with E-state index in [0.29, 0.717) is 21.3 Å². The van der Waals surface area contributed by atoms with E-state index in [1.54, 1.807) is 18.2 Å². The van der Waals surface area contributed by atoms with Crippen LogP contribution in [-0.2, 0) is 15.6 Å². The van der Waals surface area contributed by atoms with Crippen molar-refractivity contribution in [2.75, 3.05) is 16.9 Å². The standard InChI is InChI=1S/C24H17Cl4FN2O3S/c1-35(34)19-7-6-17(11-18(19)22(32)30-16-4-2-15(29)3-5-16)31-23(33)21-20(24(21,27)28)12-8-13(25)10-14(26)9-12/h2-11,20-21H,1H3,(H,30,32)(H,31,33). The second kappa shape index (κ2) is 10.1. The number of halogens is 5. The van der Waals surface area contributed by atoms with Gasteiger partial charge in [0.05, 0.1) is 27.2 Å². The van der Waals surface area contributed by atoms with E-state index in [1.807, 2.05) is 0 Å². The van der Waals surface area contributed by atoms with Crippen LogP contribution in [0, 0.1) is 11.7 Å². The molecule has 182 valence electrons. The monoisotopic (exact) mass is 572 g/mol. The summed E-state index contributed by atoms with van der Waals surface area (Å²) >= 11 is 25.0. The molecule has 0 aromatic heterocycles. The van der Waals surface area contributed by atoms with Gasteiger partial charge in [0.2, 0.25) is 5.91 Å². The Morgan fingerprint density at radius 3 is 2.11 bits per heavy atom. The van der Waals surface area contributed by atoms with Crippen LogP contribution in [0.15, 0.2) is 65.6 Å². The number of hydrogen-bond acceptors (Lipinski definition) is 3. The summed E-state index contributed by atoms with van der Waals surface area (Å²) in [6.45, 7) is 0. The highest BCUT2D eigenvalue weighted by molar-refractivity contribution is 7.84. The summed E-state index contributed by atoms with van der Waals surface area (Å²) in [7, 11) is -1.49. The molecule has 1 aliphatic rings. The van der Waals surface area contributed by atoms with Gasteiger partial charge in [0.25, 0.3) is 5.91 Å². The third-order valence-electron chi connectivity index (χ3n) is 5.48. The molecule has 0 aliphatic heterocycles. The molecule has 4 rings (SSSR count). The van der Waals surface area contributed by atoms with Crippen LogP contribution in [-0.4, -0.2) is 26.6 Å². The molecule has 3 aromatic carbocycles. The lowest BCUT2D eigenvalue weighted by Crippen LogP contribution is -2.19. The van der Waals surface area contributed by atoms with Crippen molar-refractivity contribution in [1.82, 2.24) is 0 Å². The quantitative estimate of drug-likeness (QED) is 0.324. The number of hydrogen-bond donors (Lipinski definition) is 2. The number of amides is 2. The lowest BCUT2D eigenvalue weighted by Gasteiger charge is -2.12. The van der Waals surface area contributed by atoms with E-state index in [9.17, 15) is 18.2 Å². The normalized spacial score (nSPS) is 19.0. The second-order valence-electron chi connectivity index (χ2n) is 7.95. The van der Waals surface area contributed by atoms with Crippen molar-refractivity contribution in [3.8, 4) is 0 Å². The number of rotatable bonds is 6. The largest absolute Gasteiger partial charge is 0.326 e. The number of carbonyl (C=O) groups is 2. The third kappa shape index (κ3) is 5.65. The Kier molecular flexibility index (Phi) is 7.46. The molecular formula is C24H17Cl4FN2O3S. The Morgan fingerprint density at radius 2 is 1.51 bits per heavy atom. The second-order valence-corrected chi connectivity index (χ2v) is 11.6. The molecule has 0 radical (unpaired) electrons. The fraction of sp³-hybridized carbons (Fsp3) is 0.167. The van der Waals surface area contributed by atoms with Gasteiger partial charge in [-0.2, -0.15) is 0 Å². The Hall–Kier alpha value is -2.16. The summed E-state index contributed by atoms with van der Waals surface area (Å²) in [6, 6.07) is 14.5. The molecule has 1 aliphatic carbocycles. The fourth-order valence-electron chi connectivity index (χ4n) is 3.81. The van der Waals surface area contributed by atoms with Gasteiger partial charge in [-0.25, -0.2) is 4.39 Å². The van der Waals surface area contributed by atoms with E-state index in [0.717, 1.165) is 0 Å². The molecule has 0 spiro atoms. The Morgan fingerprint density at radius 1 is 0.914 bits per heavy atom. The number of carbonyl (C=O) groups excluding carboxylic acids is 2. The highest BCUT2D eigenvalue weighted by Gasteiger charge is 2.67. The van der Waals surface area contributed by atoms with E-state index in [1.165, 1.54) is 48.7 Å². The highest BCUT2D eigenvalue weighted by atomic mass is 35.5. The lowest BCUT2D eigenvalue weighted by molar-refractivity contribution is -0.117. The topological polar surface area (TPSA) is 75.3 Å². The van der Waals surface area contributed by atoms with Gasteiger partial charge in [-0.05, 0) is 66.2 Å². The summed E-state index contributed by atoms with van der Waals surface area (Å²) in [5.74, 6) is -2.81. The van der Waals surface area contributed by atoms with Crippen LogP contribution in [0.5, 0.6) is 0 Å². The Labute approximate surface area is 223 Å². The van der Waals surface area contributed by atoms with Crippen LogP contribution >= 0.6 is 46.4 Å². The zero-order valence-corrected chi connectivity index (χ0v) is 21.8. The average Bonchev–Trinajstić information content (AvgIpc) is 3.36. The SMILES string of the molecule is CS(=O)c1ccc(NC(=O)C2C(c3cc(Cl)cc(Cl)c3)C2(Cl)Cl)cc1C(=O)Nc1ccc(F)cc1. The molecule has 2 N–H and O–H groups in total. The summed E-state index contributed by atoms with van der Waals surface area (Å²) in [5.41, 5.74) is 1.36. The average molecular weight is 574 g/mol. The van der Waals surface area contributed by atoms with E-state index >= 15 is 0 Å². The molecular weight excluding hydrogens is 557 g/mol. The van der Waals surface area contributed by atoms with Gasteiger partial charge in [0.1, 0.15) is 10.2 Å². The van der Waals surface area contributed by atoms with Crippen molar-refractivity contribution in [3.05, 3.63) is 87.7 Å². The first kappa shape index (κ1) is 25.9. The van der Waals surface area contributed by atoms with E-state index < -0.39 is 44.6 Å². The Bertz CT molecular complexity index is 1330. The predicted molar refractivity (Wildman–Crippen MR) is 139 cm³/mol. The number of anilines is 2. The van der Waals surface area contributed by atoms with Crippen molar-refractivity contribution < 1.29 is 18.2 Å².